The van der Waals surface area contributed by atoms with Crippen LogP contribution in [0, 0.1) is 11.3 Å². The first-order valence-corrected chi connectivity index (χ1v) is 11.5. The second-order valence-corrected chi connectivity index (χ2v) is 9.85. The van der Waals surface area contributed by atoms with Crippen molar-refractivity contribution in [2.45, 2.75) is 64.6 Å². The van der Waals surface area contributed by atoms with E-state index < -0.39 is 5.60 Å². The molecule has 2 heterocycles. The third-order valence-electron chi connectivity index (χ3n) is 6.16. The van der Waals surface area contributed by atoms with Crippen LogP contribution in [0.1, 0.15) is 52.5 Å². The number of carbonyl (C=O) groups is 1. The highest BCUT2D eigenvalue weighted by molar-refractivity contribution is 6.33. The Balaban J connectivity index is 1.62. The van der Waals surface area contributed by atoms with Crippen LogP contribution in [0.15, 0.2) is 12.1 Å². The number of nitrogens with two attached hydrogens (primary N) is 1. The fourth-order valence-electron chi connectivity index (χ4n) is 4.56. The molecule has 1 atom stereocenters. The molecule has 0 spiro atoms. The first-order valence-electron chi connectivity index (χ1n) is 11.1. The molecule has 2 saturated heterocycles. The monoisotopic (exact) mass is 447 g/mol. The first-order chi connectivity index (χ1) is 14.6. The van der Waals surface area contributed by atoms with Gasteiger partial charge in [0.1, 0.15) is 11.7 Å². The van der Waals surface area contributed by atoms with Crippen LogP contribution in [-0.4, -0.2) is 66.3 Å². The maximum Gasteiger partial charge on any atom is 0.410 e. The van der Waals surface area contributed by atoms with Crippen molar-refractivity contribution in [3.05, 3.63) is 22.7 Å². The average Bonchev–Trinajstić information content (AvgIpc) is 2.73. The predicted octanol–water partition coefficient (Wildman–Crippen LogP) is 4.09. The summed E-state index contributed by atoms with van der Waals surface area (Å²) in [5.41, 5.74) is 7.35. The van der Waals surface area contributed by atoms with Crippen molar-refractivity contribution in [3.8, 4) is 6.07 Å². The zero-order chi connectivity index (χ0) is 22.8. The van der Waals surface area contributed by atoms with E-state index in [0.717, 1.165) is 57.7 Å². The minimum absolute atomic E-state index is 0.212. The smallest absolute Gasteiger partial charge is 0.410 e. The van der Waals surface area contributed by atoms with Gasteiger partial charge in [-0.25, -0.2) is 4.79 Å². The molecular weight excluding hydrogens is 414 g/mol. The van der Waals surface area contributed by atoms with Crippen LogP contribution in [0.5, 0.6) is 0 Å². The van der Waals surface area contributed by atoms with Crippen LogP contribution in [0.4, 0.5) is 16.2 Å². The van der Waals surface area contributed by atoms with E-state index in [1.54, 1.807) is 6.07 Å². The summed E-state index contributed by atoms with van der Waals surface area (Å²) in [7, 11) is 0. The quantitative estimate of drug-likeness (QED) is 0.702. The molecular formula is C23H34ClN5O2. The summed E-state index contributed by atoms with van der Waals surface area (Å²) in [6, 6.07) is 6.44. The fraction of sp³-hybridized carbons (Fsp3) is 0.652. The highest BCUT2D eigenvalue weighted by Crippen LogP contribution is 2.33. The van der Waals surface area contributed by atoms with Gasteiger partial charge >= 0.3 is 6.09 Å². The number of piperazine rings is 1. The van der Waals surface area contributed by atoms with Gasteiger partial charge in [-0.05, 0) is 52.2 Å². The van der Waals surface area contributed by atoms with Crippen LogP contribution < -0.4 is 10.6 Å². The molecule has 0 aromatic heterocycles. The van der Waals surface area contributed by atoms with E-state index in [-0.39, 0.29) is 6.09 Å². The second-order valence-electron chi connectivity index (χ2n) is 9.45. The van der Waals surface area contributed by atoms with E-state index in [1.807, 2.05) is 31.7 Å². The lowest BCUT2D eigenvalue weighted by Gasteiger charge is -2.48. The number of benzene rings is 1. The molecule has 7 nitrogen and oxygen atoms in total. The van der Waals surface area contributed by atoms with Crippen LogP contribution >= 0.6 is 11.6 Å². The maximum absolute atomic E-state index is 12.4. The molecule has 1 amide bonds. The number of rotatable bonds is 3. The van der Waals surface area contributed by atoms with Crippen LogP contribution in [0.25, 0.3) is 0 Å². The van der Waals surface area contributed by atoms with Crippen LogP contribution in [0.2, 0.25) is 5.02 Å². The Hall–Kier alpha value is -2.17. The van der Waals surface area contributed by atoms with Crippen molar-refractivity contribution in [3.63, 3.8) is 0 Å². The summed E-state index contributed by atoms with van der Waals surface area (Å²) < 4.78 is 5.52. The van der Waals surface area contributed by atoms with Gasteiger partial charge in [0, 0.05) is 44.8 Å². The number of halogens is 1. The highest BCUT2D eigenvalue weighted by Gasteiger charge is 2.35. The minimum atomic E-state index is -0.465. The number of carbonyl (C=O) groups excluding carboxylic acids is 1. The maximum atomic E-state index is 12.4. The molecule has 0 unspecified atom stereocenters. The van der Waals surface area contributed by atoms with Gasteiger partial charge in [0.15, 0.2) is 0 Å². The Labute approximate surface area is 190 Å². The molecule has 2 aliphatic rings. The molecule has 0 saturated carbocycles. The Morgan fingerprint density at radius 1 is 1.26 bits per heavy atom. The normalized spacial score (nSPS) is 21.1. The van der Waals surface area contributed by atoms with Gasteiger partial charge in [0.05, 0.1) is 22.0 Å². The number of hydrogen-bond donors (Lipinski definition) is 1. The summed E-state index contributed by atoms with van der Waals surface area (Å²) in [5, 5.41) is 9.74. The van der Waals surface area contributed by atoms with Gasteiger partial charge in [-0.3, -0.25) is 4.90 Å². The van der Waals surface area contributed by atoms with Crippen molar-refractivity contribution >= 4 is 29.1 Å². The number of nitriles is 1. The fourth-order valence-corrected chi connectivity index (χ4v) is 4.84. The van der Waals surface area contributed by atoms with E-state index in [0.29, 0.717) is 28.4 Å². The molecule has 2 fully saturated rings. The molecule has 0 bridgehead atoms. The Kier molecular flexibility index (Phi) is 7.23. The molecule has 1 aromatic carbocycles. The number of nitrogens with zero attached hydrogens (tertiary/aromatic N) is 4. The molecule has 170 valence electrons. The summed E-state index contributed by atoms with van der Waals surface area (Å²) in [4.78, 5) is 19.1. The molecule has 2 N–H and O–H groups in total. The van der Waals surface area contributed by atoms with Gasteiger partial charge in [0.25, 0.3) is 0 Å². The van der Waals surface area contributed by atoms with Crippen molar-refractivity contribution < 1.29 is 9.53 Å². The number of piperidine rings is 1. The number of nitrogen functional groups attached to an aromatic ring is 1. The van der Waals surface area contributed by atoms with E-state index in [9.17, 15) is 10.1 Å². The third kappa shape index (κ3) is 5.55. The lowest BCUT2D eigenvalue weighted by Crippen LogP contribution is -2.58. The molecule has 0 aliphatic carbocycles. The number of amides is 1. The van der Waals surface area contributed by atoms with Gasteiger partial charge < -0.3 is 20.3 Å². The minimum Gasteiger partial charge on any atom is -0.444 e. The highest BCUT2D eigenvalue weighted by atomic mass is 35.5. The number of anilines is 2. The summed E-state index contributed by atoms with van der Waals surface area (Å²) in [5.74, 6) is 0. The summed E-state index contributed by atoms with van der Waals surface area (Å²) in [6.45, 7) is 12.0. The van der Waals surface area contributed by atoms with Crippen LogP contribution in [-0.2, 0) is 4.74 Å². The van der Waals surface area contributed by atoms with E-state index >= 15 is 0 Å². The largest absolute Gasteiger partial charge is 0.444 e. The van der Waals surface area contributed by atoms with Gasteiger partial charge in [0.2, 0.25) is 0 Å². The van der Waals surface area contributed by atoms with Crippen molar-refractivity contribution in [2.75, 3.05) is 43.4 Å². The molecule has 0 radical (unpaired) electrons. The van der Waals surface area contributed by atoms with Gasteiger partial charge in [-0.1, -0.05) is 18.5 Å². The third-order valence-corrected chi connectivity index (χ3v) is 6.47. The van der Waals surface area contributed by atoms with E-state index in [4.69, 9.17) is 22.1 Å². The van der Waals surface area contributed by atoms with Crippen molar-refractivity contribution in [1.82, 2.24) is 9.80 Å². The molecule has 3 rings (SSSR count). The predicted molar refractivity (Wildman–Crippen MR) is 124 cm³/mol. The lowest BCUT2D eigenvalue weighted by molar-refractivity contribution is 0.00947. The number of ether oxygens (including phenoxy) is 1. The van der Waals surface area contributed by atoms with Crippen molar-refractivity contribution in [1.29, 1.82) is 5.26 Å². The molecule has 2 aliphatic heterocycles. The summed E-state index contributed by atoms with van der Waals surface area (Å²) >= 11 is 6.47. The van der Waals surface area contributed by atoms with Crippen LogP contribution in [0.3, 0.4) is 0 Å². The second kappa shape index (κ2) is 9.54. The average molecular weight is 448 g/mol. The number of likely N-dealkylation sites (tertiary alicyclic amines) is 1. The number of hydrogen-bond acceptors (Lipinski definition) is 6. The zero-order valence-corrected chi connectivity index (χ0v) is 19.8. The first kappa shape index (κ1) is 23.5. The summed E-state index contributed by atoms with van der Waals surface area (Å²) in [6.07, 6.45) is 2.74. The molecule has 8 heteroatoms. The Bertz CT molecular complexity index is 840. The lowest BCUT2D eigenvalue weighted by atomic mass is 9.98. The zero-order valence-electron chi connectivity index (χ0n) is 19.0. The van der Waals surface area contributed by atoms with E-state index in [2.05, 4.69) is 22.8 Å². The molecule has 31 heavy (non-hydrogen) atoms. The van der Waals surface area contributed by atoms with Gasteiger partial charge in [-0.15, -0.1) is 0 Å². The van der Waals surface area contributed by atoms with E-state index in [1.165, 1.54) is 0 Å². The van der Waals surface area contributed by atoms with Crippen molar-refractivity contribution in [2.24, 2.45) is 0 Å². The standard InChI is InChI=1S/C23H34ClN5O2/c1-5-17-15-28(21-13-20(26)16(14-25)12-19(21)24)10-11-29(17)18-6-8-27(9-7-18)22(30)31-23(2,3)4/h12-13,17-18H,5-11,15,26H2,1-4H3/t17-/m0/s1. The Morgan fingerprint density at radius 2 is 1.94 bits per heavy atom. The SMILES string of the molecule is CC[C@H]1CN(c2cc(N)c(C#N)cc2Cl)CCN1C1CCN(C(=O)OC(C)(C)C)CC1. The van der Waals surface area contributed by atoms with Gasteiger partial charge in [-0.2, -0.15) is 5.26 Å². The molecule has 1 aromatic rings. The Morgan fingerprint density at radius 3 is 2.52 bits per heavy atom. The topological polar surface area (TPSA) is 85.8 Å².